The van der Waals surface area contributed by atoms with Crippen molar-refractivity contribution in [1.29, 1.82) is 0 Å². The Kier molecular flexibility index (Phi) is 8.31. The molecule has 0 aliphatic rings. The Labute approximate surface area is 201 Å². The second kappa shape index (κ2) is 11.2. The van der Waals surface area contributed by atoms with Crippen molar-refractivity contribution >= 4 is 21.6 Å². The zero-order valence-electron chi connectivity index (χ0n) is 19.8. The number of ether oxygens (including phenoxy) is 2. The van der Waals surface area contributed by atoms with Crippen molar-refractivity contribution in [1.82, 2.24) is 4.72 Å². The lowest BCUT2D eigenvalue weighted by molar-refractivity contribution is -0.117. The molecule has 8 heteroatoms. The zero-order chi connectivity index (χ0) is 24.7. The van der Waals surface area contributed by atoms with Gasteiger partial charge in [0.2, 0.25) is 15.9 Å². The predicted molar refractivity (Wildman–Crippen MR) is 133 cm³/mol. The summed E-state index contributed by atoms with van der Waals surface area (Å²) in [6.07, 6.45) is 0.921. The molecule has 1 atom stereocenters. The molecule has 0 heterocycles. The van der Waals surface area contributed by atoms with Crippen LogP contribution in [0.15, 0.2) is 71.6 Å². The number of para-hydroxylation sites is 1. The molecule has 2 N–H and O–H groups in total. The molecule has 3 rings (SSSR count). The highest BCUT2D eigenvalue weighted by atomic mass is 32.2. The van der Waals surface area contributed by atoms with Crippen LogP contribution in [-0.4, -0.2) is 34.6 Å². The lowest BCUT2D eigenvalue weighted by Crippen LogP contribution is -2.45. The van der Waals surface area contributed by atoms with Crippen LogP contribution < -0.4 is 19.5 Å². The first kappa shape index (κ1) is 25.3. The molecule has 180 valence electrons. The highest BCUT2D eigenvalue weighted by Gasteiger charge is 2.27. The molecule has 0 saturated heterocycles. The van der Waals surface area contributed by atoms with Gasteiger partial charge in [0, 0.05) is 11.8 Å². The van der Waals surface area contributed by atoms with E-state index in [-0.39, 0.29) is 17.1 Å². The van der Waals surface area contributed by atoms with Gasteiger partial charge in [0.1, 0.15) is 6.04 Å². The van der Waals surface area contributed by atoms with E-state index in [0.29, 0.717) is 11.4 Å². The molecule has 0 unspecified atom stereocenters. The van der Waals surface area contributed by atoms with Crippen LogP contribution in [0.1, 0.15) is 23.6 Å². The SMILES string of the molecule is CCc1cccc(C)c1NC(=O)[C@H](Cc1ccccc1)NS(=O)(=O)c1ccc(OC)c(OC)c1. The van der Waals surface area contributed by atoms with Crippen molar-refractivity contribution in [3.05, 3.63) is 83.4 Å². The third-order valence-electron chi connectivity index (χ3n) is 5.55. The molecule has 0 fully saturated rings. The van der Waals surface area contributed by atoms with E-state index in [9.17, 15) is 13.2 Å². The minimum Gasteiger partial charge on any atom is -0.493 e. The molecular formula is C26H30N2O5S. The average Bonchev–Trinajstić information content (AvgIpc) is 2.84. The van der Waals surface area contributed by atoms with E-state index >= 15 is 0 Å². The molecule has 0 radical (unpaired) electrons. The average molecular weight is 483 g/mol. The van der Waals surface area contributed by atoms with Crippen molar-refractivity contribution in [3.8, 4) is 11.5 Å². The first-order valence-corrected chi connectivity index (χ1v) is 12.4. The number of anilines is 1. The van der Waals surface area contributed by atoms with Crippen LogP contribution in [0.2, 0.25) is 0 Å². The number of hydrogen-bond donors (Lipinski definition) is 2. The molecule has 3 aromatic rings. The number of methoxy groups -OCH3 is 2. The van der Waals surface area contributed by atoms with E-state index in [4.69, 9.17) is 9.47 Å². The quantitative estimate of drug-likeness (QED) is 0.454. The molecule has 7 nitrogen and oxygen atoms in total. The van der Waals surface area contributed by atoms with Crippen LogP contribution in [0.5, 0.6) is 11.5 Å². The highest BCUT2D eigenvalue weighted by Crippen LogP contribution is 2.29. The van der Waals surface area contributed by atoms with Crippen LogP contribution in [-0.2, 0) is 27.7 Å². The standard InChI is InChI=1S/C26H30N2O5S/c1-5-20-13-9-10-18(2)25(20)27-26(29)22(16-19-11-7-6-8-12-19)28-34(30,31)21-14-15-23(32-3)24(17-21)33-4/h6-15,17,22,28H,5,16H2,1-4H3,(H,27,29)/t22-/m0/s1. The molecular weight excluding hydrogens is 452 g/mol. The molecule has 34 heavy (non-hydrogen) atoms. The lowest BCUT2D eigenvalue weighted by Gasteiger charge is -2.21. The topological polar surface area (TPSA) is 93.7 Å². The summed E-state index contributed by atoms with van der Waals surface area (Å²) in [6.45, 7) is 3.92. The van der Waals surface area contributed by atoms with Gasteiger partial charge >= 0.3 is 0 Å². The van der Waals surface area contributed by atoms with Gasteiger partial charge in [-0.1, -0.05) is 55.5 Å². The minimum atomic E-state index is -4.05. The summed E-state index contributed by atoms with van der Waals surface area (Å²) in [5.74, 6) is 0.255. The number of rotatable bonds is 10. The first-order chi connectivity index (χ1) is 16.3. The maximum absolute atomic E-state index is 13.4. The summed E-state index contributed by atoms with van der Waals surface area (Å²) in [5, 5.41) is 2.95. The molecule has 0 spiro atoms. The second-order valence-electron chi connectivity index (χ2n) is 7.83. The summed E-state index contributed by atoms with van der Waals surface area (Å²) >= 11 is 0. The van der Waals surface area contributed by atoms with Gasteiger partial charge in [0.15, 0.2) is 11.5 Å². The fraction of sp³-hybridized carbons (Fsp3) is 0.269. The van der Waals surface area contributed by atoms with Crippen LogP contribution in [0.25, 0.3) is 0 Å². The molecule has 0 aliphatic heterocycles. The van der Waals surface area contributed by atoms with E-state index in [1.165, 1.54) is 32.4 Å². The fourth-order valence-corrected chi connectivity index (χ4v) is 4.90. The highest BCUT2D eigenvalue weighted by molar-refractivity contribution is 7.89. The number of benzene rings is 3. The number of amides is 1. The van der Waals surface area contributed by atoms with Gasteiger partial charge in [-0.05, 0) is 48.6 Å². The maximum atomic E-state index is 13.4. The lowest BCUT2D eigenvalue weighted by atomic mass is 10.0. The first-order valence-electron chi connectivity index (χ1n) is 11.0. The number of nitrogens with one attached hydrogen (secondary N) is 2. The Bertz CT molecular complexity index is 1240. The number of carbonyl (C=O) groups excluding carboxylic acids is 1. The number of sulfonamides is 1. The van der Waals surface area contributed by atoms with E-state index in [2.05, 4.69) is 10.0 Å². The Hall–Kier alpha value is -3.36. The van der Waals surface area contributed by atoms with Crippen molar-refractivity contribution in [2.45, 2.75) is 37.6 Å². The van der Waals surface area contributed by atoms with Gasteiger partial charge in [-0.3, -0.25) is 4.79 Å². The third-order valence-corrected chi connectivity index (χ3v) is 7.02. The predicted octanol–water partition coefficient (Wildman–Crippen LogP) is 4.10. The second-order valence-corrected chi connectivity index (χ2v) is 9.55. The van der Waals surface area contributed by atoms with Gasteiger partial charge in [-0.15, -0.1) is 0 Å². The van der Waals surface area contributed by atoms with E-state index < -0.39 is 22.0 Å². The van der Waals surface area contributed by atoms with Crippen LogP contribution >= 0.6 is 0 Å². The Morgan fingerprint density at radius 3 is 2.29 bits per heavy atom. The number of hydrogen-bond acceptors (Lipinski definition) is 5. The normalized spacial score (nSPS) is 12.1. The summed E-state index contributed by atoms with van der Waals surface area (Å²) < 4.78 is 39.5. The fourth-order valence-electron chi connectivity index (χ4n) is 3.69. The minimum absolute atomic E-state index is 0.0267. The summed E-state index contributed by atoms with van der Waals surface area (Å²) in [6, 6.07) is 18.3. The third kappa shape index (κ3) is 5.95. The maximum Gasteiger partial charge on any atom is 0.242 e. The summed E-state index contributed by atoms with van der Waals surface area (Å²) in [7, 11) is -1.14. The van der Waals surface area contributed by atoms with E-state index in [0.717, 1.165) is 23.1 Å². The Morgan fingerprint density at radius 1 is 0.941 bits per heavy atom. The van der Waals surface area contributed by atoms with Crippen molar-refractivity contribution in [2.75, 3.05) is 19.5 Å². The Balaban J connectivity index is 1.94. The van der Waals surface area contributed by atoms with Gasteiger partial charge < -0.3 is 14.8 Å². The monoisotopic (exact) mass is 482 g/mol. The van der Waals surface area contributed by atoms with Crippen LogP contribution in [0, 0.1) is 6.92 Å². The van der Waals surface area contributed by atoms with Crippen molar-refractivity contribution in [3.63, 3.8) is 0 Å². The van der Waals surface area contributed by atoms with Gasteiger partial charge in [-0.2, -0.15) is 4.72 Å². The zero-order valence-corrected chi connectivity index (χ0v) is 20.6. The number of aryl methyl sites for hydroxylation is 2. The van der Waals surface area contributed by atoms with Gasteiger partial charge in [-0.25, -0.2) is 8.42 Å². The van der Waals surface area contributed by atoms with Crippen molar-refractivity contribution in [2.24, 2.45) is 0 Å². The van der Waals surface area contributed by atoms with Gasteiger partial charge in [0.05, 0.1) is 19.1 Å². The molecule has 0 saturated carbocycles. The van der Waals surface area contributed by atoms with E-state index in [1.54, 1.807) is 0 Å². The smallest absolute Gasteiger partial charge is 0.242 e. The van der Waals surface area contributed by atoms with Crippen molar-refractivity contribution < 1.29 is 22.7 Å². The summed E-state index contributed by atoms with van der Waals surface area (Å²) in [5.41, 5.74) is 3.43. The molecule has 1 amide bonds. The van der Waals surface area contributed by atoms with Crippen LogP contribution in [0.3, 0.4) is 0 Å². The van der Waals surface area contributed by atoms with E-state index in [1.807, 2.05) is 62.4 Å². The molecule has 0 bridgehead atoms. The van der Waals surface area contributed by atoms with Gasteiger partial charge in [0.25, 0.3) is 0 Å². The Morgan fingerprint density at radius 2 is 1.65 bits per heavy atom. The molecule has 3 aromatic carbocycles. The molecule has 0 aliphatic carbocycles. The number of carbonyl (C=O) groups is 1. The van der Waals surface area contributed by atoms with Crippen LogP contribution in [0.4, 0.5) is 5.69 Å². The molecule has 0 aromatic heterocycles. The summed E-state index contributed by atoms with van der Waals surface area (Å²) in [4.78, 5) is 13.4. The largest absolute Gasteiger partial charge is 0.493 e.